The van der Waals surface area contributed by atoms with E-state index < -0.39 is 0 Å². The first-order chi connectivity index (χ1) is 4.85. The summed E-state index contributed by atoms with van der Waals surface area (Å²) in [5.41, 5.74) is 1.52. The van der Waals surface area contributed by atoms with E-state index in [9.17, 15) is 0 Å². The van der Waals surface area contributed by atoms with Gasteiger partial charge in [-0.25, -0.2) is 0 Å². The Kier molecular flexibility index (Phi) is 6.68. The largest absolute Gasteiger partial charge is 0.0670 e. The molecule has 0 heterocycles. The second-order valence-corrected chi connectivity index (χ2v) is 2.59. The highest BCUT2D eigenvalue weighted by Gasteiger charge is 1.91. The third-order valence-corrected chi connectivity index (χ3v) is 1.69. The van der Waals surface area contributed by atoms with Gasteiger partial charge in [-0.05, 0) is 31.8 Å². The lowest BCUT2D eigenvalue weighted by Gasteiger charge is -2.00. The van der Waals surface area contributed by atoms with Gasteiger partial charge in [-0.3, -0.25) is 0 Å². The van der Waals surface area contributed by atoms with Gasteiger partial charge in [-0.2, -0.15) is 0 Å². The fraction of sp³-hybridized carbons (Fsp3) is 0.800. The molecule has 0 aromatic rings. The van der Waals surface area contributed by atoms with E-state index in [1.165, 1.54) is 31.3 Å². The van der Waals surface area contributed by atoms with Crippen molar-refractivity contribution in [2.24, 2.45) is 0 Å². The van der Waals surface area contributed by atoms with Crippen LogP contribution in [0.1, 0.15) is 52.9 Å². The maximum absolute atomic E-state index is 3.38. The first-order valence-electron chi connectivity index (χ1n) is 4.43. The second kappa shape index (κ2) is 6.85. The normalized spacial score (nSPS) is 12.1. The number of rotatable bonds is 5. The van der Waals surface area contributed by atoms with E-state index in [4.69, 9.17) is 0 Å². The molecule has 0 aliphatic rings. The summed E-state index contributed by atoms with van der Waals surface area (Å²) >= 11 is 0. The molecule has 0 aromatic heterocycles. The highest BCUT2D eigenvalue weighted by atomic mass is 14.0. The van der Waals surface area contributed by atoms with Crippen LogP contribution in [0, 0.1) is 6.08 Å². The van der Waals surface area contributed by atoms with E-state index in [1.807, 2.05) is 0 Å². The van der Waals surface area contributed by atoms with Crippen LogP contribution in [0.15, 0.2) is 5.57 Å². The highest BCUT2D eigenvalue weighted by Crippen LogP contribution is 2.10. The molecule has 0 rings (SSSR count). The van der Waals surface area contributed by atoms with Crippen molar-refractivity contribution in [2.75, 3.05) is 0 Å². The summed E-state index contributed by atoms with van der Waals surface area (Å²) < 4.78 is 0. The maximum atomic E-state index is 3.38. The molecule has 0 heteroatoms. The molecule has 0 nitrogen and oxygen atoms in total. The first kappa shape index (κ1) is 9.74. The predicted octanol–water partition coefficient (Wildman–Crippen LogP) is 3.73. The minimum Gasteiger partial charge on any atom is -0.0670 e. The van der Waals surface area contributed by atoms with Gasteiger partial charge in [0.05, 0.1) is 0 Å². The van der Waals surface area contributed by atoms with E-state index in [1.54, 1.807) is 0 Å². The average molecular weight is 139 g/mol. The van der Waals surface area contributed by atoms with Gasteiger partial charge in [0.2, 0.25) is 0 Å². The molecule has 59 valence electrons. The van der Waals surface area contributed by atoms with Crippen molar-refractivity contribution in [1.29, 1.82) is 0 Å². The summed E-state index contributed by atoms with van der Waals surface area (Å²) in [7, 11) is 0. The van der Waals surface area contributed by atoms with Gasteiger partial charge >= 0.3 is 0 Å². The Hall–Kier alpha value is -0.260. The monoisotopic (exact) mass is 139 g/mol. The molecule has 0 unspecified atom stereocenters. The fourth-order valence-corrected chi connectivity index (χ4v) is 1.03. The fourth-order valence-electron chi connectivity index (χ4n) is 1.03. The summed E-state index contributed by atoms with van der Waals surface area (Å²) in [6.07, 6.45) is 9.54. The molecule has 0 aliphatic heterocycles. The molecule has 0 spiro atoms. The summed E-state index contributed by atoms with van der Waals surface area (Å²) in [5, 5.41) is 0. The molecule has 1 radical (unpaired) electrons. The van der Waals surface area contributed by atoms with Crippen LogP contribution >= 0.6 is 0 Å². The Labute approximate surface area is 65.3 Å². The number of allylic oxidation sites excluding steroid dienone is 2. The standard InChI is InChI=1S/C10H19/c1-4-7-9-10(6-3)8-5-2/h4-7,9H2,1-3H3. The highest BCUT2D eigenvalue weighted by molar-refractivity contribution is 4.94. The molecule has 0 amide bonds. The van der Waals surface area contributed by atoms with Crippen LogP contribution < -0.4 is 0 Å². The Morgan fingerprint density at radius 3 is 2.30 bits per heavy atom. The lowest BCUT2D eigenvalue weighted by atomic mass is 10.1. The number of unbranched alkanes of at least 4 members (excludes halogenated alkanes) is 1. The van der Waals surface area contributed by atoms with Crippen molar-refractivity contribution in [2.45, 2.75) is 52.9 Å². The summed E-state index contributed by atoms with van der Waals surface area (Å²) in [6, 6.07) is 0. The Balaban J connectivity index is 3.49. The van der Waals surface area contributed by atoms with Crippen molar-refractivity contribution in [1.82, 2.24) is 0 Å². The molecule has 10 heavy (non-hydrogen) atoms. The van der Waals surface area contributed by atoms with Crippen LogP contribution in [-0.2, 0) is 0 Å². The van der Waals surface area contributed by atoms with Crippen molar-refractivity contribution >= 4 is 0 Å². The zero-order valence-electron chi connectivity index (χ0n) is 7.54. The maximum Gasteiger partial charge on any atom is -0.0305 e. The molecular weight excluding hydrogens is 120 g/mol. The van der Waals surface area contributed by atoms with Crippen molar-refractivity contribution in [3.05, 3.63) is 11.6 Å². The van der Waals surface area contributed by atoms with Crippen LogP contribution in [0.5, 0.6) is 0 Å². The molecular formula is C10H19. The SMILES string of the molecule is CC/[C]=C(\CC)CCCC. The molecule has 0 bridgehead atoms. The predicted molar refractivity (Wildman–Crippen MR) is 46.9 cm³/mol. The van der Waals surface area contributed by atoms with E-state index in [-0.39, 0.29) is 0 Å². The Morgan fingerprint density at radius 2 is 1.90 bits per heavy atom. The minimum atomic E-state index is 1.08. The van der Waals surface area contributed by atoms with Gasteiger partial charge in [-0.1, -0.05) is 32.8 Å². The summed E-state index contributed by atoms with van der Waals surface area (Å²) in [6.45, 7) is 6.61. The van der Waals surface area contributed by atoms with Crippen LogP contribution in [0.4, 0.5) is 0 Å². The van der Waals surface area contributed by atoms with Crippen molar-refractivity contribution in [3.63, 3.8) is 0 Å². The number of hydrogen-bond acceptors (Lipinski definition) is 0. The Bertz CT molecular complexity index is 90.2. The average Bonchev–Trinajstić information content (AvgIpc) is 1.98. The third kappa shape index (κ3) is 4.60. The molecule has 0 saturated carbocycles. The number of hydrogen-bond donors (Lipinski definition) is 0. The topological polar surface area (TPSA) is 0 Å². The van der Waals surface area contributed by atoms with Crippen LogP contribution in [0.2, 0.25) is 0 Å². The molecule has 0 saturated heterocycles. The second-order valence-electron chi connectivity index (χ2n) is 2.59. The smallest absolute Gasteiger partial charge is 0.0305 e. The van der Waals surface area contributed by atoms with Crippen LogP contribution in [0.3, 0.4) is 0 Å². The quantitative estimate of drug-likeness (QED) is 0.544. The molecule has 0 aromatic carbocycles. The van der Waals surface area contributed by atoms with Crippen LogP contribution in [-0.4, -0.2) is 0 Å². The van der Waals surface area contributed by atoms with Gasteiger partial charge in [0.25, 0.3) is 0 Å². The van der Waals surface area contributed by atoms with Gasteiger partial charge in [0.1, 0.15) is 0 Å². The van der Waals surface area contributed by atoms with E-state index in [0.29, 0.717) is 0 Å². The molecule has 0 atom stereocenters. The summed E-state index contributed by atoms with van der Waals surface area (Å²) in [4.78, 5) is 0. The third-order valence-electron chi connectivity index (χ3n) is 1.69. The summed E-state index contributed by atoms with van der Waals surface area (Å²) in [5.74, 6) is 0. The van der Waals surface area contributed by atoms with E-state index in [0.717, 1.165) is 6.42 Å². The van der Waals surface area contributed by atoms with Crippen molar-refractivity contribution in [3.8, 4) is 0 Å². The molecule has 0 N–H and O–H groups in total. The van der Waals surface area contributed by atoms with Gasteiger partial charge in [0.15, 0.2) is 0 Å². The van der Waals surface area contributed by atoms with Crippen LogP contribution in [0.25, 0.3) is 0 Å². The lowest BCUT2D eigenvalue weighted by molar-refractivity contribution is 0.758. The van der Waals surface area contributed by atoms with Crippen molar-refractivity contribution < 1.29 is 0 Å². The van der Waals surface area contributed by atoms with Gasteiger partial charge in [-0.15, -0.1) is 0 Å². The molecule has 0 aliphatic carbocycles. The van der Waals surface area contributed by atoms with E-state index in [2.05, 4.69) is 26.8 Å². The van der Waals surface area contributed by atoms with Gasteiger partial charge < -0.3 is 0 Å². The zero-order valence-corrected chi connectivity index (χ0v) is 7.54. The minimum absolute atomic E-state index is 1.08. The van der Waals surface area contributed by atoms with E-state index >= 15 is 0 Å². The zero-order chi connectivity index (χ0) is 7.82. The first-order valence-corrected chi connectivity index (χ1v) is 4.43. The lowest BCUT2D eigenvalue weighted by Crippen LogP contribution is -1.81. The molecule has 0 fully saturated rings. The van der Waals surface area contributed by atoms with Gasteiger partial charge in [0, 0.05) is 0 Å². The Morgan fingerprint density at radius 1 is 1.20 bits per heavy atom.